The molecule has 0 radical (unpaired) electrons. The van der Waals surface area contributed by atoms with Crippen molar-refractivity contribution >= 4 is 34.7 Å². The normalized spacial score (nSPS) is 21.4. The van der Waals surface area contributed by atoms with Gasteiger partial charge >= 0.3 is 6.09 Å². The highest BCUT2D eigenvalue weighted by molar-refractivity contribution is 6.12. The molecule has 2 atom stereocenters. The number of halogens is 1. The first-order valence-electron chi connectivity index (χ1n) is 12.6. The molecule has 12 heteroatoms. The van der Waals surface area contributed by atoms with Crippen molar-refractivity contribution < 1.29 is 13.9 Å². The van der Waals surface area contributed by atoms with Gasteiger partial charge < -0.3 is 19.9 Å². The fraction of sp³-hybridized carbons (Fsp3) is 0.407. The van der Waals surface area contributed by atoms with Gasteiger partial charge in [0.05, 0.1) is 22.1 Å². The summed E-state index contributed by atoms with van der Waals surface area (Å²) in [4.78, 5) is 37.3. The number of benzene rings is 1. The number of H-pyrrole nitrogens is 1. The highest BCUT2D eigenvalue weighted by Crippen LogP contribution is 2.36. The van der Waals surface area contributed by atoms with Crippen molar-refractivity contribution in [1.29, 1.82) is 5.26 Å². The largest absolute Gasteiger partial charge is 0.444 e. The molecule has 0 saturated carbocycles. The minimum absolute atomic E-state index is 0.364. The second-order valence-corrected chi connectivity index (χ2v) is 11.0. The lowest BCUT2D eigenvalue weighted by molar-refractivity contribution is 0.0468. The molecule has 2 aromatic heterocycles. The SMILES string of the molecule is Cc1cc(F)cc2[nH]c(C3=C(N4CC[C@](C)(NC(=O)OC(C)(C)C)C4)N(c4ccncn4)C(C#N)N=C3)nc12. The van der Waals surface area contributed by atoms with E-state index in [1.807, 2.05) is 27.7 Å². The Morgan fingerprint density at radius 1 is 1.36 bits per heavy atom. The molecule has 4 heterocycles. The second kappa shape index (κ2) is 9.65. The Hall–Kier alpha value is -4.53. The van der Waals surface area contributed by atoms with Crippen LogP contribution in [0.1, 0.15) is 45.5 Å². The Morgan fingerprint density at radius 2 is 2.15 bits per heavy atom. The molecule has 1 unspecified atom stereocenters. The third-order valence-electron chi connectivity index (χ3n) is 6.56. The third-order valence-corrected chi connectivity index (χ3v) is 6.56. The molecule has 1 aromatic carbocycles. The molecule has 1 amide bonds. The first-order chi connectivity index (χ1) is 18.5. The zero-order chi connectivity index (χ0) is 27.9. The van der Waals surface area contributed by atoms with Gasteiger partial charge in [-0.1, -0.05) is 0 Å². The predicted octanol–water partition coefficient (Wildman–Crippen LogP) is 3.90. The van der Waals surface area contributed by atoms with Crippen LogP contribution in [0.15, 0.2) is 41.5 Å². The van der Waals surface area contributed by atoms with Gasteiger partial charge in [-0.3, -0.25) is 9.89 Å². The van der Waals surface area contributed by atoms with Crippen LogP contribution in [0.25, 0.3) is 16.6 Å². The number of fused-ring (bicyclic) bond motifs is 1. The van der Waals surface area contributed by atoms with Gasteiger partial charge in [0.1, 0.15) is 41.3 Å². The van der Waals surface area contributed by atoms with E-state index in [9.17, 15) is 14.4 Å². The lowest BCUT2D eigenvalue weighted by Gasteiger charge is -2.38. The van der Waals surface area contributed by atoms with E-state index in [-0.39, 0.29) is 5.82 Å². The Balaban J connectivity index is 1.61. The highest BCUT2D eigenvalue weighted by atomic mass is 19.1. The van der Waals surface area contributed by atoms with Crippen molar-refractivity contribution in [2.45, 2.75) is 58.3 Å². The van der Waals surface area contributed by atoms with E-state index in [1.54, 1.807) is 30.3 Å². The zero-order valence-corrected chi connectivity index (χ0v) is 22.5. The van der Waals surface area contributed by atoms with Crippen LogP contribution in [0.5, 0.6) is 0 Å². The quantitative estimate of drug-likeness (QED) is 0.518. The number of rotatable bonds is 4. The van der Waals surface area contributed by atoms with E-state index >= 15 is 0 Å². The number of nitrogens with one attached hydrogen (secondary N) is 2. The third kappa shape index (κ3) is 5.25. The summed E-state index contributed by atoms with van der Waals surface area (Å²) >= 11 is 0. The summed E-state index contributed by atoms with van der Waals surface area (Å²) in [6, 6.07) is 6.77. The summed E-state index contributed by atoms with van der Waals surface area (Å²) in [5.41, 5.74) is 1.26. The van der Waals surface area contributed by atoms with E-state index in [0.717, 1.165) is 0 Å². The maximum absolute atomic E-state index is 14.1. The molecule has 2 aliphatic heterocycles. The number of anilines is 1. The van der Waals surface area contributed by atoms with Crippen LogP contribution in [0.3, 0.4) is 0 Å². The van der Waals surface area contributed by atoms with Crippen molar-refractivity contribution in [3.8, 4) is 6.07 Å². The number of nitriles is 1. The Bertz CT molecular complexity index is 1520. The molecular formula is C27H30FN9O2. The number of allylic oxidation sites excluding steroid dienone is 1. The molecule has 2 aliphatic rings. The van der Waals surface area contributed by atoms with Crippen LogP contribution >= 0.6 is 0 Å². The van der Waals surface area contributed by atoms with Crippen molar-refractivity contribution in [2.75, 3.05) is 18.0 Å². The molecule has 11 nitrogen and oxygen atoms in total. The molecule has 2 N–H and O–H groups in total. The first kappa shape index (κ1) is 26.1. The van der Waals surface area contributed by atoms with Crippen molar-refractivity contribution in [2.24, 2.45) is 4.99 Å². The maximum Gasteiger partial charge on any atom is 0.408 e. The van der Waals surface area contributed by atoms with Crippen LogP contribution in [-0.4, -0.2) is 67.5 Å². The van der Waals surface area contributed by atoms with Crippen LogP contribution in [0, 0.1) is 24.1 Å². The summed E-state index contributed by atoms with van der Waals surface area (Å²) in [7, 11) is 0. The molecule has 3 aromatic rings. The summed E-state index contributed by atoms with van der Waals surface area (Å²) in [6.45, 7) is 10.2. The van der Waals surface area contributed by atoms with Crippen LogP contribution in [0.2, 0.25) is 0 Å². The number of aliphatic imine (C=N–C) groups is 1. The maximum atomic E-state index is 14.1. The molecule has 0 spiro atoms. The topological polar surface area (TPSA) is 135 Å². The van der Waals surface area contributed by atoms with E-state index in [1.165, 1.54) is 18.5 Å². The zero-order valence-electron chi connectivity index (χ0n) is 22.5. The number of aryl methyl sites for hydroxylation is 1. The molecular weight excluding hydrogens is 501 g/mol. The molecule has 0 bridgehead atoms. The van der Waals surface area contributed by atoms with Crippen molar-refractivity contribution in [3.63, 3.8) is 0 Å². The number of aromatic amines is 1. The lowest BCUT2D eigenvalue weighted by Crippen LogP contribution is -2.51. The number of hydrogen-bond donors (Lipinski definition) is 2. The van der Waals surface area contributed by atoms with E-state index in [2.05, 4.69) is 36.2 Å². The number of ether oxygens (including phenoxy) is 1. The summed E-state index contributed by atoms with van der Waals surface area (Å²) in [5.74, 6) is 1.23. The first-order valence-corrected chi connectivity index (χ1v) is 12.6. The van der Waals surface area contributed by atoms with Gasteiger partial charge in [-0.15, -0.1) is 0 Å². The number of alkyl carbamates (subject to hydrolysis) is 1. The van der Waals surface area contributed by atoms with Gasteiger partial charge in [0.2, 0.25) is 6.17 Å². The van der Waals surface area contributed by atoms with Crippen LogP contribution in [-0.2, 0) is 4.74 Å². The Morgan fingerprint density at radius 3 is 2.85 bits per heavy atom. The smallest absolute Gasteiger partial charge is 0.408 e. The average molecular weight is 532 g/mol. The monoisotopic (exact) mass is 531 g/mol. The predicted molar refractivity (Wildman–Crippen MR) is 144 cm³/mol. The number of carbonyl (C=O) groups is 1. The number of likely N-dealkylation sites (tertiary alicyclic amines) is 1. The highest BCUT2D eigenvalue weighted by Gasteiger charge is 2.42. The van der Waals surface area contributed by atoms with Gasteiger partial charge in [-0.25, -0.2) is 24.1 Å². The minimum atomic E-state index is -0.895. The van der Waals surface area contributed by atoms with Crippen LogP contribution < -0.4 is 10.2 Å². The van der Waals surface area contributed by atoms with Crippen molar-refractivity contribution in [3.05, 3.63) is 53.7 Å². The minimum Gasteiger partial charge on any atom is -0.444 e. The fourth-order valence-corrected chi connectivity index (χ4v) is 4.92. The number of amides is 1. The fourth-order valence-electron chi connectivity index (χ4n) is 4.92. The number of carbonyl (C=O) groups excluding carboxylic acids is 1. The van der Waals surface area contributed by atoms with Gasteiger partial charge in [0.25, 0.3) is 0 Å². The number of nitrogens with zero attached hydrogens (tertiary/aromatic N) is 7. The summed E-state index contributed by atoms with van der Waals surface area (Å²) in [5, 5.41) is 13.0. The molecule has 5 rings (SSSR count). The lowest BCUT2D eigenvalue weighted by atomic mass is 10.0. The van der Waals surface area contributed by atoms with Gasteiger partial charge in [-0.05, 0) is 64.8 Å². The molecule has 1 saturated heterocycles. The van der Waals surface area contributed by atoms with Gasteiger partial charge in [0, 0.05) is 25.5 Å². The standard InChI is InChI=1S/C27H30FN9O2/c1-16-10-17(28)11-19-22(16)34-23(33-19)18-13-31-21(12-29)37(20-6-8-30-15-32-20)24(18)36-9-7-27(5,14-36)35-25(38)39-26(2,3)4/h6,8,10-11,13,15,21H,7,9,14H2,1-5H3,(H,33,34)(H,35,38)/t21?,27-/m0/s1. The second-order valence-electron chi connectivity index (χ2n) is 11.0. The summed E-state index contributed by atoms with van der Waals surface area (Å²) in [6.07, 6.45) is 3.85. The van der Waals surface area contributed by atoms with Gasteiger partial charge in [0.15, 0.2) is 0 Å². The molecule has 1 fully saturated rings. The molecule has 202 valence electrons. The molecule has 39 heavy (non-hydrogen) atoms. The number of hydrogen-bond acceptors (Lipinski definition) is 9. The molecule has 0 aliphatic carbocycles. The number of imidazole rings is 1. The Labute approximate surface area is 225 Å². The van der Waals surface area contributed by atoms with E-state index in [4.69, 9.17) is 9.72 Å². The number of aromatic nitrogens is 4. The van der Waals surface area contributed by atoms with Crippen LogP contribution in [0.4, 0.5) is 15.0 Å². The van der Waals surface area contributed by atoms with E-state index < -0.39 is 23.4 Å². The van der Waals surface area contributed by atoms with Crippen molar-refractivity contribution in [1.82, 2.24) is 30.2 Å². The van der Waals surface area contributed by atoms with Gasteiger partial charge in [-0.2, -0.15) is 5.26 Å². The van der Waals surface area contributed by atoms with E-state index in [0.29, 0.717) is 59.1 Å². The average Bonchev–Trinajstić information content (AvgIpc) is 3.46. The Kier molecular flexibility index (Phi) is 6.46. The summed E-state index contributed by atoms with van der Waals surface area (Å²) < 4.78 is 19.6.